The number of carbonyl (C=O) groups is 2. The lowest BCUT2D eigenvalue weighted by Gasteiger charge is -2.32. The summed E-state index contributed by atoms with van der Waals surface area (Å²) in [5.74, 6) is -0.542. The Morgan fingerprint density at radius 2 is 1.77 bits per heavy atom. The van der Waals surface area contributed by atoms with E-state index in [1.807, 2.05) is 49.4 Å². The number of hydrogen-bond donors (Lipinski definition) is 2. The molecule has 2 aromatic carbocycles. The number of anilines is 2. The summed E-state index contributed by atoms with van der Waals surface area (Å²) in [6.07, 6.45) is 0.541. The van der Waals surface area contributed by atoms with Crippen molar-refractivity contribution in [3.63, 3.8) is 0 Å². The topological polar surface area (TPSA) is 85.9 Å². The molecule has 0 aromatic heterocycles. The minimum Gasteiger partial charge on any atom is -0.497 e. The molecule has 31 heavy (non-hydrogen) atoms. The van der Waals surface area contributed by atoms with Gasteiger partial charge in [-0.05, 0) is 42.7 Å². The zero-order chi connectivity index (χ0) is 22.1. The third-order valence-electron chi connectivity index (χ3n) is 5.97. The highest BCUT2D eigenvalue weighted by atomic mass is 16.5. The number of esters is 1. The number of methoxy groups -OCH3 is 3. The van der Waals surface area contributed by atoms with E-state index in [2.05, 4.69) is 10.6 Å². The van der Waals surface area contributed by atoms with Crippen LogP contribution in [0.25, 0.3) is 0 Å². The van der Waals surface area contributed by atoms with E-state index in [9.17, 15) is 9.59 Å². The van der Waals surface area contributed by atoms with Crippen molar-refractivity contribution in [1.29, 1.82) is 0 Å². The monoisotopic (exact) mass is 422 g/mol. The number of hydrogen-bond acceptors (Lipinski definition) is 7. The summed E-state index contributed by atoms with van der Waals surface area (Å²) >= 11 is 0. The van der Waals surface area contributed by atoms with Gasteiger partial charge in [-0.2, -0.15) is 0 Å². The van der Waals surface area contributed by atoms with Crippen molar-refractivity contribution >= 4 is 23.1 Å². The Labute approximate surface area is 181 Å². The highest BCUT2D eigenvalue weighted by Gasteiger charge is 2.44. The van der Waals surface area contributed by atoms with Gasteiger partial charge in [0.15, 0.2) is 5.78 Å². The van der Waals surface area contributed by atoms with Crippen molar-refractivity contribution in [3.05, 3.63) is 59.3 Å². The van der Waals surface area contributed by atoms with Gasteiger partial charge in [0.25, 0.3) is 0 Å². The number of carbonyl (C=O) groups excluding carboxylic acids is 2. The predicted molar refractivity (Wildman–Crippen MR) is 117 cm³/mol. The fourth-order valence-electron chi connectivity index (χ4n) is 4.43. The van der Waals surface area contributed by atoms with Gasteiger partial charge in [0, 0.05) is 16.8 Å². The molecule has 162 valence electrons. The number of para-hydroxylation sites is 2. The van der Waals surface area contributed by atoms with E-state index in [1.54, 1.807) is 14.2 Å². The summed E-state index contributed by atoms with van der Waals surface area (Å²) in [4.78, 5) is 26.2. The third kappa shape index (κ3) is 3.60. The Balaban J connectivity index is 1.93. The molecule has 2 aliphatic rings. The van der Waals surface area contributed by atoms with Crippen LogP contribution in [0.15, 0.2) is 53.7 Å². The van der Waals surface area contributed by atoms with E-state index in [0.29, 0.717) is 23.5 Å². The molecule has 2 aromatic rings. The Morgan fingerprint density at radius 3 is 2.45 bits per heavy atom. The number of nitrogens with one attached hydrogen (secondary N) is 2. The molecule has 0 radical (unpaired) electrons. The summed E-state index contributed by atoms with van der Waals surface area (Å²) < 4.78 is 16.0. The van der Waals surface area contributed by atoms with Crippen LogP contribution in [0.4, 0.5) is 11.4 Å². The maximum atomic E-state index is 13.7. The summed E-state index contributed by atoms with van der Waals surface area (Å²) in [6.45, 7) is 1.90. The Morgan fingerprint density at radius 1 is 1.03 bits per heavy atom. The van der Waals surface area contributed by atoms with Crippen molar-refractivity contribution in [2.75, 3.05) is 32.0 Å². The highest BCUT2D eigenvalue weighted by molar-refractivity contribution is 6.11. The fourth-order valence-corrected chi connectivity index (χ4v) is 4.43. The molecule has 0 unspecified atom stereocenters. The first-order valence-electron chi connectivity index (χ1n) is 10.2. The second-order valence-corrected chi connectivity index (χ2v) is 7.79. The van der Waals surface area contributed by atoms with Gasteiger partial charge in [-0.1, -0.05) is 19.1 Å². The van der Waals surface area contributed by atoms with E-state index in [-0.39, 0.29) is 11.7 Å². The third-order valence-corrected chi connectivity index (χ3v) is 5.97. The zero-order valence-corrected chi connectivity index (χ0v) is 18.0. The average Bonchev–Trinajstić information content (AvgIpc) is 2.94. The molecule has 2 N–H and O–H groups in total. The molecule has 7 nitrogen and oxygen atoms in total. The van der Waals surface area contributed by atoms with Gasteiger partial charge in [-0.3, -0.25) is 9.59 Å². The van der Waals surface area contributed by atoms with E-state index in [0.717, 1.165) is 22.6 Å². The van der Waals surface area contributed by atoms with E-state index in [1.165, 1.54) is 7.11 Å². The molecule has 3 atom stereocenters. The zero-order valence-electron chi connectivity index (χ0n) is 18.0. The van der Waals surface area contributed by atoms with Gasteiger partial charge in [-0.25, -0.2) is 0 Å². The van der Waals surface area contributed by atoms with Gasteiger partial charge in [0.05, 0.1) is 38.7 Å². The van der Waals surface area contributed by atoms with Gasteiger partial charge in [0.1, 0.15) is 17.4 Å². The average molecular weight is 422 g/mol. The van der Waals surface area contributed by atoms with Gasteiger partial charge < -0.3 is 24.8 Å². The molecule has 0 saturated heterocycles. The summed E-state index contributed by atoms with van der Waals surface area (Å²) in [6, 6.07) is 12.7. The molecule has 4 rings (SSSR count). The van der Waals surface area contributed by atoms with E-state index < -0.39 is 17.9 Å². The summed E-state index contributed by atoms with van der Waals surface area (Å²) in [5.41, 5.74) is 3.78. The van der Waals surface area contributed by atoms with Crippen LogP contribution in [0, 0.1) is 11.8 Å². The minimum absolute atomic E-state index is 0.190. The number of benzene rings is 2. The lowest BCUT2D eigenvalue weighted by molar-refractivity contribution is -0.151. The Kier molecular flexibility index (Phi) is 5.59. The van der Waals surface area contributed by atoms with Crippen LogP contribution in [-0.4, -0.2) is 33.1 Å². The largest absolute Gasteiger partial charge is 0.497 e. The Hall–Kier alpha value is -3.48. The SMILES string of the molecule is COC(=O)[C@H]1C(=O)C2=C(C[C@@H]1C)Nc1ccccc1N[C@@H]2c1cc(OC)ccc1OC. The number of fused-ring (bicyclic) bond motifs is 1. The van der Waals surface area contributed by atoms with Gasteiger partial charge in [-0.15, -0.1) is 0 Å². The molecule has 1 heterocycles. The second-order valence-electron chi connectivity index (χ2n) is 7.79. The molecule has 7 heteroatoms. The Bertz CT molecular complexity index is 1060. The first-order valence-corrected chi connectivity index (χ1v) is 10.2. The summed E-state index contributed by atoms with van der Waals surface area (Å²) in [7, 11) is 4.49. The first kappa shape index (κ1) is 20.8. The van der Waals surface area contributed by atoms with Crippen LogP contribution in [-0.2, 0) is 14.3 Å². The van der Waals surface area contributed by atoms with Crippen molar-refractivity contribution in [3.8, 4) is 11.5 Å². The minimum atomic E-state index is -0.854. The number of allylic oxidation sites excluding steroid dienone is 1. The number of Topliss-reactive ketones (excluding diaryl/α,β-unsaturated/α-hetero) is 1. The smallest absolute Gasteiger partial charge is 0.316 e. The number of ether oxygens (including phenoxy) is 3. The highest BCUT2D eigenvalue weighted by Crippen LogP contribution is 2.46. The number of rotatable bonds is 4. The molecule has 0 bridgehead atoms. The van der Waals surface area contributed by atoms with Crippen LogP contribution >= 0.6 is 0 Å². The maximum Gasteiger partial charge on any atom is 0.316 e. The lowest BCUT2D eigenvalue weighted by Crippen LogP contribution is -2.39. The van der Waals surface area contributed by atoms with Crippen molar-refractivity contribution in [2.45, 2.75) is 19.4 Å². The molecule has 1 aliphatic heterocycles. The normalized spacial score (nSPS) is 22.3. The fraction of sp³-hybridized carbons (Fsp3) is 0.333. The van der Waals surface area contributed by atoms with Gasteiger partial charge in [0.2, 0.25) is 0 Å². The van der Waals surface area contributed by atoms with E-state index >= 15 is 0 Å². The van der Waals surface area contributed by atoms with Crippen LogP contribution in [0.1, 0.15) is 24.9 Å². The van der Waals surface area contributed by atoms with Crippen LogP contribution in [0.2, 0.25) is 0 Å². The predicted octanol–water partition coefficient (Wildman–Crippen LogP) is 3.93. The van der Waals surface area contributed by atoms with Crippen LogP contribution in [0.3, 0.4) is 0 Å². The molecular formula is C24H26N2O5. The van der Waals surface area contributed by atoms with Crippen LogP contribution in [0.5, 0.6) is 11.5 Å². The maximum absolute atomic E-state index is 13.7. The second kappa shape index (κ2) is 8.34. The molecule has 0 spiro atoms. The molecule has 0 amide bonds. The van der Waals surface area contributed by atoms with Crippen LogP contribution < -0.4 is 20.1 Å². The van der Waals surface area contributed by atoms with Crippen molar-refractivity contribution in [2.24, 2.45) is 11.8 Å². The van der Waals surface area contributed by atoms with Crippen molar-refractivity contribution < 1.29 is 23.8 Å². The number of ketones is 1. The molecule has 0 saturated carbocycles. The quantitative estimate of drug-likeness (QED) is 0.570. The van der Waals surface area contributed by atoms with Gasteiger partial charge >= 0.3 is 5.97 Å². The standard InChI is InChI=1S/C24H26N2O5/c1-13-11-18-21(23(27)20(13)24(28)31-4)22(26-17-8-6-5-7-16(17)25-18)15-12-14(29-2)9-10-19(15)30-3/h5-10,12-13,20,22,25-26H,11H2,1-4H3/t13-,20+,22+/m0/s1. The summed E-state index contributed by atoms with van der Waals surface area (Å²) in [5, 5.41) is 6.93. The van der Waals surface area contributed by atoms with E-state index in [4.69, 9.17) is 14.2 Å². The molecular weight excluding hydrogens is 396 g/mol. The van der Waals surface area contributed by atoms with Crippen molar-refractivity contribution in [1.82, 2.24) is 0 Å². The molecule has 0 fully saturated rings. The molecule has 1 aliphatic carbocycles. The lowest BCUT2D eigenvalue weighted by atomic mass is 9.74. The first-order chi connectivity index (χ1) is 15.0.